The standard InChI is InChI=1S/C14H8BrClN4O/c15-11-7-3-6-10(17-11)14(21)20-13-12(16)18-8-4-1-2-5-9(8)19-13/h1-7H,(H,19,20,21). The van der Waals surface area contributed by atoms with E-state index < -0.39 is 5.91 Å². The highest BCUT2D eigenvalue weighted by Crippen LogP contribution is 2.21. The molecule has 0 aliphatic carbocycles. The highest BCUT2D eigenvalue weighted by Gasteiger charge is 2.13. The normalized spacial score (nSPS) is 10.6. The highest BCUT2D eigenvalue weighted by atomic mass is 79.9. The van der Waals surface area contributed by atoms with Gasteiger partial charge in [-0.2, -0.15) is 0 Å². The van der Waals surface area contributed by atoms with E-state index in [1.807, 2.05) is 12.1 Å². The molecule has 0 spiro atoms. The maximum absolute atomic E-state index is 12.1. The number of carbonyl (C=O) groups is 1. The molecule has 1 N–H and O–H groups in total. The van der Waals surface area contributed by atoms with Crippen LogP contribution in [-0.4, -0.2) is 20.9 Å². The average molecular weight is 364 g/mol. The van der Waals surface area contributed by atoms with Crippen LogP contribution in [0.5, 0.6) is 0 Å². The van der Waals surface area contributed by atoms with Gasteiger partial charge in [0, 0.05) is 0 Å². The fourth-order valence-corrected chi connectivity index (χ4v) is 2.29. The third-order valence-corrected chi connectivity index (χ3v) is 3.41. The molecule has 1 amide bonds. The summed E-state index contributed by atoms with van der Waals surface area (Å²) in [6.45, 7) is 0. The summed E-state index contributed by atoms with van der Waals surface area (Å²) in [7, 11) is 0. The van der Waals surface area contributed by atoms with Crippen LogP contribution >= 0.6 is 27.5 Å². The summed E-state index contributed by atoms with van der Waals surface area (Å²) in [6.07, 6.45) is 0. The number of amides is 1. The zero-order chi connectivity index (χ0) is 14.8. The average Bonchev–Trinajstić information content (AvgIpc) is 2.48. The minimum Gasteiger partial charge on any atom is -0.303 e. The Labute approximate surface area is 133 Å². The molecule has 5 nitrogen and oxygen atoms in total. The molecule has 3 rings (SSSR count). The number of halogens is 2. The predicted octanol–water partition coefficient (Wildman–Crippen LogP) is 3.69. The first-order valence-electron chi connectivity index (χ1n) is 6.00. The summed E-state index contributed by atoms with van der Waals surface area (Å²) >= 11 is 9.27. The van der Waals surface area contributed by atoms with Crippen LogP contribution in [0.4, 0.5) is 5.82 Å². The zero-order valence-electron chi connectivity index (χ0n) is 10.5. The molecule has 0 unspecified atom stereocenters. The van der Waals surface area contributed by atoms with Crippen LogP contribution in [0.15, 0.2) is 47.1 Å². The molecule has 0 aliphatic heterocycles. The number of aromatic nitrogens is 3. The Morgan fingerprint density at radius 3 is 2.43 bits per heavy atom. The Morgan fingerprint density at radius 2 is 1.71 bits per heavy atom. The topological polar surface area (TPSA) is 67.8 Å². The number of carbonyl (C=O) groups excluding carboxylic acids is 1. The first-order valence-corrected chi connectivity index (χ1v) is 7.17. The Balaban J connectivity index is 1.94. The largest absolute Gasteiger partial charge is 0.303 e. The van der Waals surface area contributed by atoms with Crippen molar-refractivity contribution in [1.29, 1.82) is 0 Å². The van der Waals surface area contributed by atoms with E-state index in [-0.39, 0.29) is 16.7 Å². The quantitative estimate of drug-likeness (QED) is 0.705. The van der Waals surface area contributed by atoms with Crippen molar-refractivity contribution < 1.29 is 4.79 Å². The van der Waals surface area contributed by atoms with Crippen LogP contribution in [0.3, 0.4) is 0 Å². The monoisotopic (exact) mass is 362 g/mol. The lowest BCUT2D eigenvalue weighted by Gasteiger charge is -2.07. The fraction of sp³-hybridized carbons (Fsp3) is 0. The van der Waals surface area contributed by atoms with E-state index in [9.17, 15) is 4.79 Å². The summed E-state index contributed by atoms with van der Waals surface area (Å²) in [5.41, 5.74) is 1.58. The molecule has 21 heavy (non-hydrogen) atoms. The van der Waals surface area contributed by atoms with Gasteiger partial charge in [0.1, 0.15) is 10.3 Å². The van der Waals surface area contributed by atoms with E-state index in [0.717, 1.165) is 0 Å². The number of para-hydroxylation sites is 2. The van der Waals surface area contributed by atoms with Crippen LogP contribution in [0.25, 0.3) is 11.0 Å². The van der Waals surface area contributed by atoms with Crippen molar-refractivity contribution in [2.24, 2.45) is 0 Å². The summed E-state index contributed by atoms with van der Waals surface area (Å²) in [5, 5.41) is 2.75. The Bertz CT molecular complexity index is 840. The summed E-state index contributed by atoms with van der Waals surface area (Å²) in [6, 6.07) is 12.3. The minimum atomic E-state index is -0.400. The molecule has 0 radical (unpaired) electrons. The number of benzene rings is 1. The number of rotatable bonds is 2. The molecular formula is C14H8BrClN4O. The number of hydrogen-bond acceptors (Lipinski definition) is 4. The van der Waals surface area contributed by atoms with Gasteiger partial charge in [-0.15, -0.1) is 0 Å². The van der Waals surface area contributed by atoms with Crippen molar-refractivity contribution >= 4 is 50.3 Å². The van der Waals surface area contributed by atoms with Gasteiger partial charge in [-0.1, -0.05) is 29.8 Å². The maximum atomic E-state index is 12.1. The van der Waals surface area contributed by atoms with Gasteiger partial charge in [0.25, 0.3) is 5.91 Å². The predicted molar refractivity (Wildman–Crippen MR) is 84.4 cm³/mol. The molecule has 2 aromatic heterocycles. The first kappa shape index (κ1) is 13.9. The van der Waals surface area contributed by atoms with Crippen molar-refractivity contribution in [2.45, 2.75) is 0 Å². The lowest BCUT2D eigenvalue weighted by molar-refractivity contribution is 0.102. The highest BCUT2D eigenvalue weighted by molar-refractivity contribution is 9.10. The lowest BCUT2D eigenvalue weighted by Crippen LogP contribution is -2.15. The van der Waals surface area contributed by atoms with E-state index >= 15 is 0 Å². The van der Waals surface area contributed by atoms with E-state index in [0.29, 0.717) is 15.6 Å². The van der Waals surface area contributed by atoms with Gasteiger partial charge in [0.05, 0.1) is 11.0 Å². The third-order valence-electron chi connectivity index (χ3n) is 2.71. The lowest BCUT2D eigenvalue weighted by atomic mass is 10.3. The molecule has 2 heterocycles. The molecule has 0 atom stereocenters. The van der Waals surface area contributed by atoms with Gasteiger partial charge < -0.3 is 5.32 Å². The summed E-state index contributed by atoms with van der Waals surface area (Å²) < 4.78 is 0.575. The van der Waals surface area contributed by atoms with Gasteiger partial charge in [-0.25, -0.2) is 15.0 Å². The fourth-order valence-electron chi connectivity index (χ4n) is 1.76. The smallest absolute Gasteiger partial charge is 0.275 e. The molecule has 104 valence electrons. The molecule has 1 aromatic carbocycles. The van der Waals surface area contributed by atoms with Crippen molar-refractivity contribution in [1.82, 2.24) is 15.0 Å². The maximum Gasteiger partial charge on any atom is 0.275 e. The Kier molecular flexibility index (Phi) is 3.81. The number of nitrogens with zero attached hydrogens (tertiary/aromatic N) is 3. The molecule has 0 fully saturated rings. The Hall–Kier alpha value is -2.05. The van der Waals surface area contributed by atoms with E-state index in [1.54, 1.807) is 30.3 Å². The third kappa shape index (κ3) is 3.01. The SMILES string of the molecule is O=C(Nc1nc2ccccc2nc1Cl)c1cccc(Br)n1. The first-order chi connectivity index (χ1) is 10.1. The molecule has 0 saturated heterocycles. The van der Waals surface area contributed by atoms with Gasteiger partial charge in [0.2, 0.25) is 0 Å². The van der Waals surface area contributed by atoms with Gasteiger partial charge in [-0.3, -0.25) is 4.79 Å². The number of fused-ring (bicyclic) bond motifs is 1. The van der Waals surface area contributed by atoms with Crippen molar-refractivity contribution in [3.8, 4) is 0 Å². The molecule has 7 heteroatoms. The summed E-state index contributed by atoms with van der Waals surface area (Å²) in [5.74, 6) is -0.190. The molecule has 0 aliphatic rings. The Morgan fingerprint density at radius 1 is 1.00 bits per heavy atom. The van der Waals surface area contributed by atoms with Gasteiger partial charge >= 0.3 is 0 Å². The van der Waals surface area contributed by atoms with Crippen molar-refractivity contribution in [3.05, 3.63) is 57.9 Å². The zero-order valence-corrected chi connectivity index (χ0v) is 12.9. The van der Waals surface area contributed by atoms with Gasteiger partial charge in [0.15, 0.2) is 11.0 Å². The van der Waals surface area contributed by atoms with E-state index in [1.165, 1.54) is 0 Å². The second kappa shape index (κ2) is 5.75. The second-order valence-electron chi connectivity index (χ2n) is 4.15. The van der Waals surface area contributed by atoms with Crippen molar-refractivity contribution in [3.63, 3.8) is 0 Å². The van der Waals surface area contributed by atoms with Crippen molar-refractivity contribution in [2.75, 3.05) is 5.32 Å². The van der Waals surface area contributed by atoms with Crippen LogP contribution < -0.4 is 5.32 Å². The molecular weight excluding hydrogens is 356 g/mol. The molecule has 3 aromatic rings. The number of nitrogens with one attached hydrogen (secondary N) is 1. The number of hydrogen-bond donors (Lipinski definition) is 1. The van der Waals surface area contributed by atoms with Crippen LogP contribution in [0, 0.1) is 0 Å². The molecule has 0 saturated carbocycles. The summed E-state index contributed by atoms with van der Waals surface area (Å²) in [4.78, 5) is 24.7. The van der Waals surface area contributed by atoms with E-state index in [4.69, 9.17) is 11.6 Å². The van der Waals surface area contributed by atoms with Gasteiger partial charge in [-0.05, 0) is 40.2 Å². The molecule has 0 bridgehead atoms. The van der Waals surface area contributed by atoms with Crippen LogP contribution in [0.2, 0.25) is 5.15 Å². The second-order valence-corrected chi connectivity index (χ2v) is 5.32. The van der Waals surface area contributed by atoms with Crippen LogP contribution in [0.1, 0.15) is 10.5 Å². The number of pyridine rings is 1. The van der Waals surface area contributed by atoms with E-state index in [2.05, 4.69) is 36.2 Å². The number of anilines is 1. The van der Waals surface area contributed by atoms with Crippen LogP contribution in [-0.2, 0) is 0 Å². The minimum absolute atomic E-state index is 0.136.